The average molecular weight is 194 g/mol. The zero-order valence-electron chi connectivity index (χ0n) is 7.30. The maximum Gasteiger partial charge on any atom is 0.330 e. The van der Waals surface area contributed by atoms with Crippen molar-refractivity contribution in [2.45, 2.75) is 6.92 Å². The first-order chi connectivity index (χ1) is 5.97. The second kappa shape index (κ2) is 16.9. The Morgan fingerprint density at radius 2 is 1.54 bits per heavy atom. The highest BCUT2D eigenvalue weighted by Crippen LogP contribution is 1.81. The molecule has 0 saturated carbocycles. The normalized spacial score (nSPS) is 6.69. The molecular weight excluding hydrogens is 180 g/mol. The molecule has 0 radical (unpaired) electrons. The first-order valence-electron chi connectivity index (χ1n) is 3.16. The molecule has 6 nitrogen and oxygen atoms in total. The molecule has 0 spiro atoms. The van der Waals surface area contributed by atoms with Crippen LogP contribution < -0.4 is 0 Å². The smallest absolute Gasteiger partial charge is 0.330 e. The number of carboxylic acid groups (broad SMARTS) is 2. The monoisotopic (exact) mass is 194 g/mol. The van der Waals surface area contributed by atoms with Gasteiger partial charge in [-0.05, 0) is 6.92 Å². The second-order valence-corrected chi connectivity index (χ2v) is 1.64. The van der Waals surface area contributed by atoms with E-state index in [1.54, 1.807) is 0 Å². The van der Waals surface area contributed by atoms with E-state index in [2.05, 4.69) is 6.58 Å². The summed E-state index contributed by atoms with van der Waals surface area (Å²) in [6, 6.07) is 0. The highest BCUT2D eigenvalue weighted by Gasteiger charge is 1.90. The van der Waals surface area contributed by atoms with Gasteiger partial charge in [0.1, 0.15) is 0 Å². The second-order valence-electron chi connectivity index (χ2n) is 1.64. The fourth-order valence-electron chi connectivity index (χ4n) is 0. The maximum atomic E-state index is 9.60. The minimum absolute atomic E-state index is 0.125. The van der Waals surface area contributed by atoms with E-state index in [0.29, 0.717) is 0 Å². The van der Waals surface area contributed by atoms with Crippen LogP contribution in [0.2, 0.25) is 0 Å². The summed E-state index contributed by atoms with van der Waals surface area (Å²) >= 11 is 0. The lowest BCUT2D eigenvalue weighted by Gasteiger charge is -1.79. The Hall–Kier alpha value is -1.40. The Balaban J connectivity index is -0.000000125. The lowest BCUT2D eigenvalue weighted by molar-refractivity contribution is -0.132. The summed E-state index contributed by atoms with van der Waals surface area (Å²) < 4.78 is 0. The van der Waals surface area contributed by atoms with Crippen molar-refractivity contribution in [3.05, 3.63) is 12.2 Å². The van der Waals surface area contributed by atoms with Crippen LogP contribution in [0.5, 0.6) is 0 Å². The highest BCUT2D eigenvalue weighted by atomic mass is 16.4. The molecule has 6 heteroatoms. The van der Waals surface area contributed by atoms with Crippen molar-refractivity contribution in [2.24, 2.45) is 0 Å². The summed E-state index contributed by atoms with van der Waals surface area (Å²) in [6.45, 7) is 4.10. The topological polar surface area (TPSA) is 115 Å². The van der Waals surface area contributed by atoms with Gasteiger partial charge in [0.15, 0.2) is 0 Å². The van der Waals surface area contributed by atoms with Gasteiger partial charge in [0.2, 0.25) is 0 Å². The lowest BCUT2D eigenvalue weighted by Crippen LogP contribution is -1.92. The Labute approximate surface area is 75.8 Å². The van der Waals surface area contributed by atoms with Crippen molar-refractivity contribution >= 4 is 12.4 Å². The zero-order chi connectivity index (χ0) is 11.3. The molecule has 0 aliphatic rings. The average Bonchev–Trinajstić information content (AvgIpc) is 2.06. The summed E-state index contributed by atoms with van der Waals surface area (Å²) in [6.07, 6.45) is 0. The number of rotatable bonds is 2. The lowest BCUT2D eigenvalue weighted by atomic mass is 10.4. The van der Waals surface area contributed by atoms with Crippen LogP contribution in [0.1, 0.15) is 6.92 Å². The van der Waals surface area contributed by atoms with Crippen LogP contribution >= 0.6 is 0 Å². The molecule has 0 bridgehead atoms. The highest BCUT2D eigenvalue weighted by molar-refractivity contribution is 5.84. The maximum absolute atomic E-state index is 9.60. The van der Waals surface area contributed by atoms with Gasteiger partial charge >= 0.3 is 5.97 Å². The minimum Gasteiger partial charge on any atom is -0.483 e. The van der Waals surface area contributed by atoms with Crippen molar-refractivity contribution in [3.8, 4) is 0 Å². The van der Waals surface area contributed by atoms with Crippen LogP contribution in [0.4, 0.5) is 0 Å². The van der Waals surface area contributed by atoms with E-state index in [1.165, 1.54) is 6.92 Å². The summed E-state index contributed by atoms with van der Waals surface area (Å²) in [4.78, 5) is 18.0. The number of aliphatic hydroxyl groups is 2. The third kappa shape index (κ3) is 60.5. The van der Waals surface area contributed by atoms with Crippen LogP contribution in [-0.2, 0) is 9.59 Å². The van der Waals surface area contributed by atoms with Crippen LogP contribution in [0.3, 0.4) is 0 Å². The molecule has 0 amide bonds. The Bertz CT molecular complexity index is 128. The van der Waals surface area contributed by atoms with Gasteiger partial charge in [0, 0.05) is 5.57 Å². The summed E-state index contributed by atoms with van der Waals surface area (Å²) in [5, 5.41) is 30.0. The fraction of sp³-hybridized carbons (Fsp3) is 0.429. The van der Waals surface area contributed by atoms with Gasteiger partial charge in [-0.15, -0.1) is 0 Å². The summed E-state index contributed by atoms with van der Waals surface area (Å²) in [5.41, 5.74) is 0.176. The molecule has 0 atom stereocenters. The SMILES string of the molecule is C=C(C)C(=O)O.O=CO.OCCO. The van der Waals surface area contributed by atoms with Gasteiger partial charge in [0.25, 0.3) is 6.47 Å². The molecule has 0 fully saturated rings. The van der Waals surface area contributed by atoms with Gasteiger partial charge in [-0.25, -0.2) is 4.79 Å². The quantitative estimate of drug-likeness (QED) is 0.342. The molecule has 0 aromatic rings. The van der Waals surface area contributed by atoms with E-state index in [9.17, 15) is 4.79 Å². The van der Waals surface area contributed by atoms with E-state index in [0.717, 1.165) is 0 Å². The zero-order valence-corrected chi connectivity index (χ0v) is 7.30. The molecule has 0 unspecified atom stereocenters. The molecule has 13 heavy (non-hydrogen) atoms. The van der Waals surface area contributed by atoms with Gasteiger partial charge in [-0.2, -0.15) is 0 Å². The van der Waals surface area contributed by atoms with Crippen molar-refractivity contribution in [1.82, 2.24) is 0 Å². The van der Waals surface area contributed by atoms with Gasteiger partial charge in [-0.3, -0.25) is 4.79 Å². The first kappa shape index (κ1) is 17.6. The van der Waals surface area contributed by atoms with Crippen LogP contribution in [0, 0.1) is 0 Å². The van der Waals surface area contributed by atoms with E-state index < -0.39 is 5.97 Å². The molecule has 0 saturated heterocycles. The molecule has 0 aliphatic heterocycles. The number of aliphatic hydroxyl groups excluding tert-OH is 2. The molecule has 0 heterocycles. The van der Waals surface area contributed by atoms with Crippen molar-refractivity contribution in [2.75, 3.05) is 13.2 Å². The van der Waals surface area contributed by atoms with Crippen LogP contribution in [-0.4, -0.2) is 46.1 Å². The van der Waals surface area contributed by atoms with E-state index in [4.69, 9.17) is 25.2 Å². The molecule has 4 N–H and O–H groups in total. The Morgan fingerprint density at radius 3 is 1.54 bits per heavy atom. The molecule has 78 valence electrons. The Morgan fingerprint density at radius 1 is 1.38 bits per heavy atom. The van der Waals surface area contributed by atoms with E-state index in [-0.39, 0.29) is 25.3 Å². The molecule has 0 aliphatic carbocycles. The predicted molar refractivity (Wildman–Crippen MR) is 45.3 cm³/mol. The summed E-state index contributed by atoms with van der Waals surface area (Å²) in [7, 11) is 0. The van der Waals surface area contributed by atoms with Gasteiger partial charge in [-0.1, -0.05) is 6.58 Å². The largest absolute Gasteiger partial charge is 0.483 e. The standard InChI is InChI=1S/C4H6O2.C2H6O2.CH2O2/c1-3(2)4(5)6;3-1-2-4;2-1-3/h1H2,2H3,(H,5,6);3-4H,1-2H2;1H,(H,2,3). The Kier molecular flexibility index (Phi) is 22.9. The van der Waals surface area contributed by atoms with E-state index >= 15 is 0 Å². The predicted octanol–water partition coefficient (Wildman–Crippen LogP) is -0.681. The summed E-state index contributed by atoms with van der Waals surface area (Å²) in [5.74, 6) is -0.935. The molecular formula is C7H14O6. The first-order valence-corrected chi connectivity index (χ1v) is 3.16. The number of hydrogen-bond donors (Lipinski definition) is 4. The van der Waals surface area contributed by atoms with Crippen molar-refractivity contribution in [1.29, 1.82) is 0 Å². The molecule has 0 aromatic carbocycles. The van der Waals surface area contributed by atoms with Crippen LogP contribution in [0.15, 0.2) is 12.2 Å². The van der Waals surface area contributed by atoms with Gasteiger partial charge in [0.05, 0.1) is 13.2 Å². The van der Waals surface area contributed by atoms with Gasteiger partial charge < -0.3 is 20.4 Å². The fourth-order valence-corrected chi connectivity index (χ4v) is 0. The van der Waals surface area contributed by atoms with Crippen LogP contribution in [0.25, 0.3) is 0 Å². The molecule has 0 rings (SSSR count). The molecule has 0 aromatic heterocycles. The van der Waals surface area contributed by atoms with Crippen molar-refractivity contribution < 1.29 is 30.0 Å². The number of carbonyl (C=O) groups is 2. The minimum atomic E-state index is -0.935. The van der Waals surface area contributed by atoms with Crippen molar-refractivity contribution in [3.63, 3.8) is 0 Å². The van der Waals surface area contributed by atoms with E-state index in [1.807, 2.05) is 0 Å². The number of aliphatic carboxylic acids is 1. The number of carboxylic acids is 1. The third-order valence-corrected chi connectivity index (χ3v) is 0.465. The third-order valence-electron chi connectivity index (χ3n) is 0.465. The number of hydrogen-bond acceptors (Lipinski definition) is 4.